The molecule has 2 aromatic rings. The normalized spacial score (nSPS) is 17.8. The number of aromatic amines is 1. The van der Waals surface area contributed by atoms with Crippen LogP contribution in [0, 0.1) is 5.92 Å². The molecule has 1 aliphatic rings. The first-order valence-electron chi connectivity index (χ1n) is 11.7. The van der Waals surface area contributed by atoms with Gasteiger partial charge in [-0.15, -0.1) is 0 Å². The maximum absolute atomic E-state index is 13.3. The van der Waals surface area contributed by atoms with Gasteiger partial charge in [-0.05, 0) is 58.6 Å². The maximum atomic E-state index is 13.3. The lowest BCUT2D eigenvalue weighted by Gasteiger charge is -2.37. The molecule has 0 aliphatic carbocycles. The Labute approximate surface area is 201 Å². The predicted octanol–water partition coefficient (Wildman–Crippen LogP) is 2.42. The van der Waals surface area contributed by atoms with Gasteiger partial charge in [0.05, 0.1) is 35.4 Å². The quantitative estimate of drug-likeness (QED) is 0.510. The number of H-pyrrole nitrogens is 1. The van der Waals surface area contributed by atoms with Crippen LogP contribution in [-0.2, 0) is 14.2 Å². The summed E-state index contributed by atoms with van der Waals surface area (Å²) in [5.41, 5.74) is 0.685. The lowest BCUT2D eigenvalue weighted by atomic mass is 9.82. The van der Waals surface area contributed by atoms with Crippen molar-refractivity contribution in [3.05, 3.63) is 24.0 Å². The van der Waals surface area contributed by atoms with Gasteiger partial charge >= 0.3 is 13.6 Å². The Bertz CT molecular complexity index is 1030. The molecule has 3 rings (SSSR count). The highest BCUT2D eigenvalue weighted by molar-refractivity contribution is 6.47. The molecule has 1 aromatic carbocycles. The first-order valence-corrected chi connectivity index (χ1v) is 11.7. The summed E-state index contributed by atoms with van der Waals surface area (Å²) in [7, 11) is 2.92. The molecule has 1 aromatic heterocycles. The highest BCUT2D eigenvalue weighted by Gasteiger charge is 2.38. The minimum atomic E-state index is -1.01. The summed E-state index contributed by atoms with van der Waals surface area (Å²) >= 11 is 0. The summed E-state index contributed by atoms with van der Waals surface area (Å²) in [5.74, 6) is 0.491. The number of nitrogens with zero attached hydrogens (tertiary/aromatic N) is 2. The largest absolute Gasteiger partial charge is 0.453 e. The smallest absolute Gasteiger partial charge is 0.407 e. The molecule has 1 aliphatic heterocycles. The van der Waals surface area contributed by atoms with Crippen molar-refractivity contribution < 1.29 is 24.1 Å². The Morgan fingerprint density at radius 2 is 2.00 bits per heavy atom. The Morgan fingerprint density at radius 1 is 1.29 bits per heavy atom. The van der Waals surface area contributed by atoms with Crippen molar-refractivity contribution in [1.29, 1.82) is 0 Å². The molecular weight excluding hydrogens is 435 g/mol. The van der Waals surface area contributed by atoms with Crippen LogP contribution in [0.4, 0.5) is 4.79 Å². The fourth-order valence-electron chi connectivity index (χ4n) is 3.83. The van der Waals surface area contributed by atoms with E-state index in [1.54, 1.807) is 26.2 Å². The Morgan fingerprint density at radius 3 is 2.62 bits per heavy atom. The Hall–Kier alpha value is -2.59. The monoisotopic (exact) mass is 471 g/mol. The number of aromatic nitrogens is 2. The van der Waals surface area contributed by atoms with E-state index in [0.29, 0.717) is 6.54 Å². The van der Waals surface area contributed by atoms with Gasteiger partial charge in [0.25, 0.3) is 0 Å². The fourth-order valence-corrected chi connectivity index (χ4v) is 3.83. The van der Waals surface area contributed by atoms with E-state index in [2.05, 4.69) is 10.3 Å². The predicted molar refractivity (Wildman–Crippen MR) is 131 cm³/mol. The van der Waals surface area contributed by atoms with E-state index < -0.39 is 23.3 Å². The number of aliphatic hydroxyl groups is 1. The summed E-state index contributed by atoms with van der Waals surface area (Å²) in [6.07, 6.45) is 1.02. The van der Waals surface area contributed by atoms with Crippen molar-refractivity contribution in [2.75, 3.05) is 13.7 Å². The number of amides is 2. The minimum Gasteiger partial charge on any atom is -0.453 e. The Balaban J connectivity index is 1.79. The van der Waals surface area contributed by atoms with E-state index >= 15 is 0 Å². The van der Waals surface area contributed by atoms with E-state index in [4.69, 9.17) is 14.4 Å². The van der Waals surface area contributed by atoms with Gasteiger partial charge in [0, 0.05) is 6.54 Å². The zero-order chi connectivity index (χ0) is 25.3. The third-order valence-corrected chi connectivity index (χ3v) is 6.73. The van der Waals surface area contributed by atoms with Crippen LogP contribution in [0.1, 0.15) is 66.3 Å². The van der Waals surface area contributed by atoms with Gasteiger partial charge in [-0.1, -0.05) is 25.4 Å². The topological polar surface area (TPSA) is 117 Å². The summed E-state index contributed by atoms with van der Waals surface area (Å²) in [6.45, 7) is 11.5. The van der Waals surface area contributed by atoms with Crippen molar-refractivity contribution in [3.8, 4) is 0 Å². The average Bonchev–Trinajstić information content (AvgIpc) is 3.40. The number of hydrogen-bond acceptors (Lipinski definition) is 6. The summed E-state index contributed by atoms with van der Waals surface area (Å²) < 4.78 is 10.6. The third kappa shape index (κ3) is 5.55. The first-order chi connectivity index (χ1) is 15.8. The van der Waals surface area contributed by atoms with Crippen LogP contribution in [0.5, 0.6) is 0 Å². The second-order valence-corrected chi connectivity index (χ2v) is 10.3. The van der Waals surface area contributed by atoms with E-state index in [-0.39, 0.29) is 17.9 Å². The number of methoxy groups -OCH3 is 1. The fraction of sp³-hybridized carbons (Fsp3) is 0.625. The van der Waals surface area contributed by atoms with Crippen LogP contribution < -0.4 is 10.8 Å². The number of ether oxygens (including phenoxy) is 1. The minimum absolute atomic E-state index is 0.0882. The number of carbonyl (C=O) groups is 2. The maximum Gasteiger partial charge on any atom is 0.407 e. The van der Waals surface area contributed by atoms with Gasteiger partial charge in [0.2, 0.25) is 5.91 Å². The van der Waals surface area contributed by atoms with Gasteiger partial charge in [0.15, 0.2) is 0 Å². The van der Waals surface area contributed by atoms with Crippen LogP contribution in [0.25, 0.3) is 11.0 Å². The molecule has 34 heavy (non-hydrogen) atoms. The Kier molecular flexibility index (Phi) is 7.62. The average molecular weight is 471 g/mol. The van der Waals surface area contributed by atoms with E-state index in [9.17, 15) is 14.7 Å². The van der Waals surface area contributed by atoms with Crippen LogP contribution in [0.2, 0.25) is 0 Å². The summed E-state index contributed by atoms with van der Waals surface area (Å²) in [5, 5.41) is 13.0. The molecule has 2 amide bonds. The molecule has 2 heterocycles. The molecule has 2 unspecified atom stereocenters. The zero-order valence-electron chi connectivity index (χ0n) is 21.1. The first kappa shape index (κ1) is 26.0. The molecule has 2 atom stereocenters. The van der Waals surface area contributed by atoms with E-state index in [0.717, 1.165) is 35.2 Å². The molecule has 3 N–H and O–H groups in total. The molecule has 185 valence electrons. The van der Waals surface area contributed by atoms with Crippen molar-refractivity contribution >= 4 is 36.0 Å². The SMILES string of the molecule is COC(=O)NC(C(=O)N1CCCC1c1nc2ccc([B]OC(C)(C)C(C)(C)O)cc2[nH]1)C(C)C. The second-order valence-electron chi connectivity index (χ2n) is 10.3. The third-order valence-electron chi connectivity index (χ3n) is 6.73. The number of hydrogen-bond donors (Lipinski definition) is 3. The molecule has 1 fully saturated rings. The van der Waals surface area contributed by atoms with Gasteiger partial charge < -0.3 is 29.7 Å². The number of benzene rings is 1. The van der Waals surface area contributed by atoms with Gasteiger partial charge in [-0.25, -0.2) is 9.78 Å². The molecule has 0 spiro atoms. The van der Waals surface area contributed by atoms with Crippen molar-refractivity contribution in [2.45, 2.75) is 77.7 Å². The van der Waals surface area contributed by atoms with Crippen molar-refractivity contribution in [3.63, 3.8) is 0 Å². The summed E-state index contributed by atoms with van der Waals surface area (Å²) in [6, 6.07) is 4.87. The zero-order valence-corrected chi connectivity index (χ0v) is 21.1. The molecule has 0 bridgehead atoms. The molecule has 1 radical (unpaired) electrons. The van der Waals surface area contributed by atoms with Crippen molar-refractivity contribution in [1.82, 2.24) is 20.2 Å². The van der Waals surface area contributed by atoms with Crippen LogP contribution >= 0.6 is 0 Å². The number of alkyl carbamates (subject to hydrolysis) is 1. The number of rotatable bonds is 8. The molecule has 1 saturated heterocycles. The number of carbonyl (C=O) groups excluding carboxylic acids is 2. The lowest BCUT2D eigenvalue weighted by Crippen LogP contribution is -2.51. The van der Waals surface area contributed by atoms with Crippen LogP contribution in [0.15, 0.2) is 18.2 Å². The van der Waals surface area contributed by atoms with Gasteiger partial charge in [0.1, 0.15) is 11.9 Å². The van der Waals surface area contributed by atoms with Crippen LogP contribution in [0.3, 0.4) is 0 Å². The molecule has 0 saturated carbocycles. The summed E-state index contributed by atoms with van der Waals surface area (Å²) in [4.78, 5) is 35.0. The second kappa shape index (κ2) is 9.96. The molecular formula is C24H36BN4O5. The van der Waals surface area contributed by atoms with Gasteiger partial charge in [-0.2, -0.15) is 0 Å². The van der Waals surface area contributed by atoms with E-state index in [1.807, 2.05) is 45.9 Å². The highest BCUT2D eigenvalue weighted by Crippen LogP contribution is 2.32. The number of likely N-dealkylation sites (tertiary alicyclic amines) is 1. The number of imidazole rings is 1. The van der Waals surface area contributed by atoms with Crippen LogP contribution in [-0.4, -0.2) is 70.4 Å². The lowest BCUT2D eigenvalue weighted by molar-refractivity contribution is -0.135. The van der Waals surface area contributed by atoms with Crippen molar-refractivity contribution in [2.24, 2.45) is 5.92 Å². The number of nitrogens with one attached hydrogen (secondary N) is 2. The standard InChI is InChI=1S/C24H36BN4O5/c1-14(2)19(28-22(31)33-7)21(30)29-12-8-9-18(29)20-26-16-11-10-15(13-17(16)27-20)25-34-24(5,6)23(3,4)32/h10-11,13-14,18-19,32H,8-9,12H2,1-7H3,(H,26,27)(H,28,31). The highest BCUT2D eigenvalue weighted by atomic mass is 16.5. The molecule has 9 nitrogen and oxygen atoms in total. The van der Waals surface area contributed by atoms with E-state index in [1.165, 1.54) is 7.11 Å². The molecule has 10 heteroatoms. The number of fused-ring (bicyclic) bond motifs is 1. The van der Waals surface area contributed by atoms with Gasteiger partial charge in [-0.3, -0.25) is 4.79 Å².